The number of aromatic nitrogens is 4. The van der Waals surface area contributed by atoms with E-state index in [9.17, 15) is 0 Å². The summed E-state index contributed by atoms with van der Waals surface area (Å²) in [5.74, 6) is 0.257. The quantitative estimate of drug-likeness (QED) is 0.194. The van der Waals surface area contributed by atoms with E-state index in [0.717, 1.165) is 89.4 Å². The Morgan fingerprint density at radius 3 is 1.27 bits per heavy atom. The molecule has 0 saturated carbocycles. The number of hydrogen-bond donors (Lipinski definition) is 2. The fourth-order valence-corrected chi connectivity index (χ4v) is 7.40. The summed E-state index contributed by atoms with van der Waals surface area (Å²) in [6.07, 6.45) is 8.58. The smallest absolute Gasteiger partial charge is 0.0738 e. The molecule has 0 unspecified atom stereocenters. The highest BCUT2D eigenvalue weighted by atomic mass is 14.8. The average Bonchev–Trinajstić information content (AvgIpc) is 4.00. The minimum Gasteiger partial charge on any atom is -0.354 e. The summed E-state index contributed by atoms with van der Waals surface area (Å²) in [4.78, 5) is 18.6. The summed E-state index contributed by atoms with van der Waals surface area (Å²) < 4.78 is 0. The third kappa shape index (κ3) is 5.51. The zero-order valence-electron chi connectivity index (χ0n) is 28.6. The van der Waals surface area contributed by atoms with Gasteiger partial charge in [0, 0.05) is 38.8 Å². The van der Waals surface area contributed by atoms with Crippen molar-refractivity contribution in [2.24, 2.45) is 0 Å². The molecule has 0 saturated heterocycles. The van der Waals surface area contributed by atoms with Crippen LogP contribution in [0.15, 0.2) is 140 Å². The van der Waals surface area contributed by atoms with Crippen LogP contribution >= 0.6 is 0 Å². The van der Waals surface area contributed by atoms with Crippen molar-refractivity contribution in [3.8, 4) is 44.5 Å². The molecule has 2 aliphatic heterocycles. The van der Waals surface area contributed by atoms with E-state index in [4.69, 9.17) is 9.97 Å². The highest BCUT2D eigenvalue weighted by molar-refractivity contribution is 6.01. The summed E-state index contributed by atoms with van der Waals surface area (Å²) in [6.45, 7) is 4.53. The van der Waals surface area contributed by atoms with Gasteiger partial charge in [-0.05, 0) is 76.2 Å². The molecule has 9 rings (SSSR count). The molecule has 8 bridgehead atoms. The molecule has 0 radical (unpaired) electrons. The predicted molar refractivity (Wildman–Crippen MR) is 215 cm³/mol. The number of H-pyrrole nitrogens is 2. The molecule has 3 aromatic heterocycles. The summed E-state index contributed by atoms with van der Waals surface area (Å²) in [5, 5.41) is 0. The summed E-state index contributed by atoms with van der Waals surface area (Å²) in [7, 11) is 0. The van der Waals surface area contributed by atoms with Gasteiger partial charge in [0.05, 0.1) is 28.3 Å². The van der Waals surface area contributed by atoms with Crippen molar-refractivity contribution in [1.29, 1.82) is 0 Å². The van der Waals surface area contributed by atoms with Crippen LogP contribution in [0.2, 0.25) is 0 Å². The number of benzene rings is 4. The zero-order chi connectivity index (χ0) is 34.3. The van der Waals surface area contributed by atoms with E-state index in [2.05, 4.69) is 188 Å². The molecule has 0 aliphatic carbocycles. The van der Waals surface area contributed by atoms with Crippen LogP contribution in [-0.2, 0) is 0 Å². The lowest BCUT2D eigenvalue weighted by Crippen LogP contribution is -1.92. The van der Waals surface area contributed by atoms with Gasteiger partial charge in [-0.3, -0.25) is 0 Å². The van der Waals surface area contributed by atoms with E-state index in [1.807, 2.05) is 0 Å². The van der Waals surface area contributed by atoms with Crippen LogP contribution < -0.4 is 0 Å². The fourth-order valence-electron chi connectivity index (χ4n) is 7.40. The highest BCUT2D eigenvalue weighted by Gasteiger charge is 2.21. The number of hydrogen-bond acceptors (Lipinski definition) is 2. The molecule has 0 fully saturated rings. The van der Waals surface area contributed by atoms with Crippen molar-refractivity contribution < 1.29 is 0 Å². The van der Waals surface area contributed by atoms with E-state index in [1.54, 1.807) is 0 Å². The maximum absolute atomic E-state index is 5.44. The fraction of sp³-hybridized carbons (Fsp3) is 0.0638. The van der Waals surface area contributed by atoms with E-state index in [1.165, 1.54) is 5.56 Å². The average molecular weight is 657 g/mol. The van der Waals surface area contributed by atoms with Crippen molar-refractivity contribution >= 4 is 46.4 Å². The van der Waals surface area contributed by atoms with Crippen molar-refractivity contribution in [2.75, 3.05) is 0 Å². The molecule has 51 heavy (non-hydrogen) atoms. The van der Waals surface area contributed by atoms with Crippen molar-refractivity contribution in [3.63, 3.8) is 0 Å². The third-order valence-electron chi connectivity index (χ3n) is 9.77. The number of fused-ring (bicyclic) bond motifs is 8. The minimum absolute atomic E-state index is 0.257. The Hall–Kier alpha value is -6.52. The SMILES string of the molecule is CC(C)c1cc2[nH]c1c(-c1ccccc1)c1nc(c(-c3ccccc3)c3nc(c(-c4ccccc4)c4ccc([nH]4)c2-c2ccccc2)C=C3)C=C1. The van der Waals surface area contributed by atoms with Gasteiger partial charge in [-0.2, -0.15) is 0 Å². The van der Waals surface area contributed by atoms with Gasteiger partial charge >= 0.3 is 0 Å². The Morgan fingerprint density at radius 1 is 0.392 bits per heavy atom. The number of nitrogens with one attached hydrogen (secondary N) is 2. The van der Waals surface area contributed by atoms with Crippen molar-refractivity contribution in [3.05, 3.63) is 168 Å². The van der Waals surface area contributed by atoms with Crippen LogP contribution in [0.25, 0.3) is 90.9 Å². The standard InChI is InChI=1S/C47H36N4/c1-30(2)35-29-42-45(33-19-11-5-12-20-33)40-26-25-38(49-40)43(31-15-7-3-8-16-31)36-23-24-37(48-36)44(32-17-9-4-10-18-32)39-27-28-41(50-39)46(47(35)51-42)34-21-13-6-14-22-34/h3-30,49,51H,1-2H3. The first-order chi connectivity index (χ1) is 25.1. The molecule has 7 aromatic rings. The lowest BCUT2D eigenvalue weighted by molar-refractivity contribution is 0.878. The lowest BCUT2D eigenvalue weighted by Gasteiger charge is -2.09. The molecular formula is C47H36N4. The van der Waals surface area contributed by atoms with E-state index >= 15 is 0 Å². The van der Waals surface area contributed by atoms with Gasteiger partial charge in [0.2, 0.25) is 0 Å². The number of rotatable bonds is 5. The molecule has 0 amide bonds. The molecule has 2 N–H and O–H groups in total. The van der Waals surface area contributed by atoms with Crippen LogP contribution in [0.5, 0.6) is 0 Å². The summed E-state index contributed by atoms with van der Waals surface area (Å²) >= 11 is 0. The summed E-state index contributed by atoms with van der Waals surface area (Å²) in [6, 6.07) is 49.0. The van der Waals surface area contributed by atoms with E-state index in [0.29, 0.717) is 0 Å². The molecule has 0 atom stereocenters. The Kier molecular flexibility index (Phi) is 7.63. The van der Waals surface area contributed by atoms with Gasteiger partial charge in [-0.15, -0.1) is 0 Å². The van der Waals surface area contributed by atoms with Gasteiger partial charge in [-0.1, -0.05) is 135 Å². The molecule has 4 heteroatoms. The van der Waals surface area contributed by atoms with E-state index < -0.39 is 0 Å². The molecule has 5 heterocycles. The monoisotopic (exact) mass is 656 g/mol. The molecule has 0 spiro atoms. The molecular weight excluding hydrogens is 621 g/mol. The minimum atomic E-state index is 0.257. The van der Waals surface area contributed by atoms with Crippen molar-refractivity contribution in [2.45, 2.75) is 19.8 Å². The molecule has 244 valence electrons. The Morgan fingerprint density at radius 2 is 0.784 bits per heavy atom. The van der Waals surface area contributed by atoms with Gasteiger partial charge < -0.3 is 9.97 Å². The topological polar surface area (TPSA) is 57.4 Å². The third-order valence-corrected chi connectivity index (χ3v) is 9.77. The Bertz CT molecular complexity index is 2630. The normalized spacial score (nSPS) is 12.1. The van der Waals surface area contributed by atoms with Gasteiger partial charge in [0.25, 0.3) is 0 Å². The highest BCUT2D eigenvalue weighted by Crippen LogP contribution is 2.40. The number of aromatic amines is 2. The molecule has 4 nitrogen and oxygen atoms in total. The van der Waals surface area contributed by atoms with Crippen LogP contribution in [0.3, 0.4) is 0 Å². The maximum Gasteiger partial charge on any atom is 0.0738 e. The first-order valence-electron chi connectivity index (χ1n) is 17.5. The van der Waals surface area contributed by atoms with Gasteiger partial charge in [-0.25, -0.2) is 9.97 Å². The number of nitrogens with zero attached hydrogens (tertiary/aromatic N) is 2. The van der Waals surface area contributed by atoms with Crippen LogP contribution in [0.4, 0.5) is 0 Å². The second kappa shape index (κ2) is 12.7. The maximum atomic E-state index is 5.44. The first kappa shape index (κ1) is 30.5. The van der Waals surface area contributed by atoms with Crippen LogP contribution in [0.1, 0.15) is 48.1 Å². The first-order valence-corrected chi connectivity index (χ1v) is 17.5. The van der Waals surface area contributed by atoms with Crippen LogP contribution in [0, 0.1) is 0 Å². The second-order valence-corrected chi connectivity index (χ2v) is 13.3. The van der Waals surface area contributed by atoms with Gasteiger partial charge in [0.15, 0.2) is 0 Å². The van der Waals surface area contributed by atoms with Crippen molar-refractivity contribution in [1.82, 2.24) is 19.9 Å². The van der Waals surface area contributed by atoms with E-state index in [-0.39, 0.29) is 5.92 Å². The lowest BCUT2D eigenvalue weighted by atomic mass is 9.97. The van der Waals surface area contributed by atoms with Crippen LogP contribution in [-0.4, -0.2) is 19.9 Å². The van der Waals surface area contributed by atoms with Gasteiger partial charge in [0.1, 0.15) is 0 Å². The molecule has 4 aromatic carbocycles. The second-order valence-electron chi connectivity index (χ2n) is 13.3. The Balaban J connectivity index is 1.52. The summed E-state index contributed by atoms with van der Waals surface area (Å²) in [5.41, 5.74) is 17.6. The predicted octanol–water partition coefficient (Wildman–Crippen LogP) is 12.4. The largest absolute Gasteiger partial charge is 0.354 e. The molecule has 2 aliphatic rings. The zero-order valence-corrected chi connectivity index (χ0v) is 28.6. The Labute approximate surface area is 297 Å².